The molecule has 0 atom stereocenters. The molecule has 0 aliphatic heterocycles. The fraction of sp³-hybridized carbons (Fsp3) is 0.381. The molecule has 140 valence electrons. The second kappa shape index (κ2) is 10.3. The van der Waals surface area contributed by atoms with Gasteiger partial charge >= 0.3 is 0 Å². The van der Waals surface area contributed by atoms with Crippen molar-refractivity contribution in [2.75, 3.05) is 30.4 Å². The standard InChI is InChI=1S/C21H28N2O3/c1-4-25-20-11-6-5-10-19(20)23-21(24)15-22-17-8-7-9-18(14-17)26-13-12-16(2)3/h5-11,14,16,22H,4,12-13,15H2,1-3H3,(H,23,24). The fourth-order valence-corrected chi connectivity index (χ4v) is 2.34. The number of carbonyl (C=O) groups is 1. The maximum absolute atomic E-state index is 12.2. The topological polar surface area (TPSA) is 59.6 Å². The Morgan fingerprint density at radius 3 is 2.65 bits per heavy atom. The number of hydrogen-bond donors (Lipinski definition) is 2. The fourth-order valence-electron chi connectivity index (χ4n) is 2.34. The normalized spacial score (nSPS) is 10.5. The molecule has 1 amide bonds. The van der Waals surface area contributed by atoms with Crippen LogP contribution in [0.25, 0.3) is 0 Å². The van der Waals surface area contributed by atoms with Gasteiger partial charge < -0.3 is 20.1 Å². The summed E-state index contributed by atoms with van der Waals surface area (Å²) in [5, 5.41) is 5.99. The van der Waals surface area contributed by atoms with Gasteiger partial charge in [-0.25, -0.2) is 0 Å². The van der Waals surface area contributed by atoms with E-state index in [-0.39, 0.29) is 12.5 Å². The Hall–Kier alpha value is -2.69. The number of rotatable bonds is 10. The Morgan fingerprint density at radius 1 is 1.08 bits per heavy atom. The molecular weight excluding hydrogens is 328 g/mol. The number of para-hydroxylation sites is 2. The van der Waals surface area contributed by atoms with Crippen LogP contribution in [-0.2, 0) is 4.79 Å². The van der Waals surface area contributed by atoms with Crippen LogP contribution in [0, 0.1) is 5.92 Å². The first-order valence-corrected chi connectivity index (χ1v) is 9.07. The lowest BCUT2D eigenvalue weighted by Gasteiger charge is -2.13. The molecule has 0 aromatic heterocycles. The van der Waals surface area contributed by atoms with Crippen LogP contribution in [0.5, 0.6) is 11.5 Å². The van der Waals surface area contributed by atoms with Crippen LogP contribution in [0.3, 0.4) is 0 Å². The number of amides is 1. The molecule has 5 heteroatoms. The van der Waals surface area contributed by atoms with Crippen LogP contribution in [0.2, 0.25) is 0 Å². The molecule has 0 fully saturated rings. The summed E-state index contributed by atoms with van der Waals surface area (Å²) in [5.74, 6) is 1.95. The van der Waals surface area contributed by atoms with Gasteiger partial charge in [0.1, 0.15) is 11.5 Å². The van der Waals surface area contributed by atoms with E-state index in [0.717, 1.165) is 17.9 Å². The highest BCUT2D eigenvalue weighted by Gasteiger charge is 2.07. The molecule has 0 saturated heterocycles. The number of ether oxygens (including phenoxy) is 2. The quantitative estimate of drug-likeness (QED) is 0.655. The van der Waals surface area contributed by atoms with Crippen molar-refractivity contribution in [2.45, 2.75) is 27.2 Å². The minimum Gasteiger partial charge on any atom is -0.494 e. The van der Waals surface area contributed by atoms with Gasteiger partial charge in [0.05, 0.1) is 25.4 Å². The lowest BCUT2D eigenvalue weighted by Crippen LogP contribution is -2.22. The molecule has 5 nitrogen and oxygen atoms in total. The predicted octanol–water partition coefficient (Wildman–Crippen LogP) is 4.56. The molecule has 2 N–H and O–H groups in total. The number of nitrogens with one attached hydrogen (secondary N) is 2. The van der Waals surface area contributed by atoms with Crippen molar-refractivity contribution in [3.05, 3.63) is 48.5 Å². The molecule has 0 aliphatic carbocycles. The Labute approximate surface area is 155 Å². The van der Waals surface area contributed by atoms with Crippen LogP contribution >= 0.6 is 0 Å². The summed E-state index contributed by atoms with van der Waals surface area (Å²) in [7, 11) is 0. The zero-order chi connectivity index (χ0) is 18.8. The third kappa shape index (κ3) is 6.67. The van der Waals surface area contributed by atoms with E-state index in [1.54, 1.807) is 0 Å². The van der Waals surface area contributed by atoms with E-state index in [1.807, 2.05) is 55.5 Å². The molecule has 26 heavy (non-hydrogen) atoms. The highest BCUT2D eigenvalue weighted by Crippen LogP contribution is 2.23. The van der Waals surface area contributed by atoms with Gasteiger partial charge in [-0.3, -0.25) is 4.79 Å². The van der Waals surface area contributed by atoms with E-state index in [4.69, 9.17) is 9.47 Å². The van der Waals surface area contributed by atoms with Crippen LogP contribution in [-0.4, -0.2) is 25.7 Å². The zero-order valence-electron chi connectivity index (χ0n) is 15.7. The van der Waals surface area contributed by atoms with Crippen LogP contribution in [0.1, 0.15) is 27.2 Å². The number of anilines is 2. The van der Waals surface area contributed by atoms with Crippen LogP contribution < -0.4 is 20.1 Å². The van der Waals surface area contributed by atoms with Crippen molar-refractivity contribution < 1.29 is 14.3 Å². The van der Waals surface area contributed by atoms with E-state index < -0.39 is 0 Å². The molecule has 0 aliphatic rings. The Balaban J connectivity index is 1.85. The highest BCUT2D eigenvalue weighted by atomic mass is 16.5. The summed E-state index contributed by atoms with van der Waals surface area (Å²) in [6, 6.07) is 15.1. The number of benzene rings is 2. The van der Waals surface area contributed by atoms with Gasteiger partial charge in [0.2, 0.25) is 5.91 Å². The van der Waals surface area contributed by atoms with Gasteiger partial charge in [-0.1, -0.05) is 32.0 Å². The molecule has 0 unspecified atom stereocenters. The summed E-state index contributed by atoms with van der Waals surface area (Å²) in [4.78, 5) is 12.2. The molecule has 2 rings (SSSR count). The zero-order valence-corrected chi connectivity index (χ0v) is 15.7. The van der Waals surface area contributed by atoms with Crippen LogP contribution in [0.4, 0.5) is 11.4 Å². The SMILES string of the molecule is CCOc1ccccc1NC(=O)CNc1cccc(OCCC(C)C)c1. The first-order valence-electron chi connectivity index (χ1n) is 9.07. The first kappa shape index (κ1) is 19.6. The number of carbonyl (C=O) groups excluding carboxylic acids is 1. The lowest BCUT2D eigenvalue weighted by atomic mass is 10.1. The van der Waals surface area contributed by atoms with Gasteiger partial charge in [0.25, 0.3) is 0 Å². The molecule has 0 radical (unpaired) electrons. The minimum absolute atomic E-state index is 0.136. The summed E-state index contributed by atoms with van der Waals surface area (Å²) in [6.45, 7) is 7.66. The predicted molar refractivity (Wildman–Crippen MR) is 106 cm³/mol. The van der Waals surface area contributed by atoms with Crippen molar-refractivity contribution in [1.29, 1.82) is 0 Å². The van der Waals surface area contributed by atoms with Gasteiger partial charge in [-0.2, -0.15) is 0 Å². The van der Waals surface area contributed by atoms with Gasteiger partial charge in [-0.15, -0.1) is 0 Å². The molecule has 0 spiro atoms. The smallest absolute Gasteiger partial charge is 0.243 e. The molecule has 0 bridgehead atoms. The van der Waals surface area contributed by atoms with Gasteiger partial charge in [-0.05, 0) is 43.5 Å². The van der Waals surface area contributed by atoms with Crippen molar-refractivity contribution in [3.63, 3.8) is 0 Å². The van der Waals surface area contributed by atoms with E-state index in [1.165, 1.54) is 0 Å². The summed E-state index contributed by atoms with van der Waals surface area (Å²) in [5.41, 5.74) is 1.52. The molecule has 2 aromatic carbocycles. The van der Waals surface area contributed by atoms with Crippen LogP contribution in [0.15, 0.2) is 48.5 Å². The van der Waals surface area contributed by atoms with E-state index in [9.17, 15) is 4.79 Å². The molecular formula is C21H28N2O3. The molecule has 2 aromatic rings. The average Bonchev–Trinajstić information content (AvgIpc) is 2.62. The maximum Gasteiger partial charge on any atom is 0.243 e. The largest absolute Gasteiger partial charge is 0.494 e. The third-order valence-corrected chi connectivity index (χ3v) is 3.71. The highest BCUT2D eigenvalue weighted by molar-refractivity contribution is 5.95. The minimum atomic E-state index is -0.136. The molecule has 0 saturated carbocycles. The third-order valence-electron chi connectivity index (χ3n) is 3.71. The second-order valence-corrected chi connectivity index (χ2v) is 6.39. The van der Waals surface area contributed by atoms with Crippen molar-refractivity contribution in [2.24, 2.45) is 5.92 Å². The summed E-state index contributed by atoms with van der Waals surface area (Å²) < 4.78 is 11.3. The average molecular weight is 356 g/mol. The van der Waals surface area contributed by atoms with Crippen molar-refractivity contribution >= 4 is 17.3 Å². The first-order chi connectivity index (χ1) is 12.6. The van der Waals surface area contributed by atoms with Crippen molar-refractivity contribution in [3.8, 4) is 11.5 Å². The van der Waals surface area contributed by atoms with Gasteiger partial charge in [0, 0.05) is 11.8 Å². The Bertz CT molecular complexity index is 701. The Morgan fingerprint density at radius 2 is 1.88 bits per heavy atom. The maximum atomic E-state index is 12.2. The lowest BCUT2D eigenvalue weighted by molar-refractivity contribution is -0.114. The summed E-state index contributed by atoms with van der Waals surface area (Å²) in [6.07, 6.45) is 1.01. The van der Waals surface area contributed by atoms with E-state index in [2.05, 4.69) is 24.5 Å². The molecule has 0 heterocycles. The summed E-state index contributed by atoms with van der Waals surface area (Å²) >= 11 is 0. The second-order valence-electron chi connectivity index (χ2n) is 6.39. The number of hydrogen-bond acceptors (Lipinski definition) is 4. The van der Waals surface area contributed by atoms with Crippen molar-refractivity contribution in [1.82, 2.24) is 0 Å². The van der Waals surface area contributed by atoms with Gasteiger partial charge in [0.15, 0.2) is 0 Å². The van der Waals surface area contributed by atoms with E-state index >= 15 is 0 Å². The monoisotopic (exact) mass is 356 g/mol. The Kier molecular flexibility index (Phi) is 7.80. The van der Waals surface area contributed by atoms with E-state index in [0.29, 0.717) is 30.6 Å².